The number of ether oxygens (including phenoxy) is 1. The van der Waals surface area contributed by atoms with Crippen molar-refractivity contribution in [2.45, 2.75) is 19.4 Å². The fourth-order valence-electron chi connectivity index (χ4n) is 2.46. The number of ketones is 1. The molecule has 1 heterocycles. The van der Waals surface area contributed by atoms with Crippen molar-refractivity contribution in [1.29, 1.82) is 0 Å². The fraction of sp³-hybridized carbons (Fsp3) is 0.188. The lowest BCUT2D eigenvalue weighted by molar-refractivity contribution is 0.103. The van der Waals surface area contributed by atoms with E-state index in [2.05, 4.69) is 0 Å². The summed E-state index contributed by atoms with van der Waals surface area (Å²) >= 11 is 0. The molecule has 0 spiro atoms. The van der Waals surface area contributed by atoms with Crippen molar-refractivity contribution in [3.63, 3.8) is 0 Å². The predicted molar refractivity (Wildman–Crippen MR) is 74.5 cm³/mol. The van der Waals surface area contributed by atoms with Crippen molar-refractivity contribution in [3.8, 4) is 5.75 Å². The van der Waals surface area contributed by atoms with E-state index in [0.29, 0.717) is 11.1 Å². The van der Waals surface area contributed by atoms with Gasteiger partial charge in [0.2, 0.25) is 0 Å². The predicted octanol–water partition coefficient (Wildman–Crippen LogP) is 2.96. The maximum absolute atomic E-state index is 13.0. The summed E-state index contributed by atoms with van der Waals surface area (Å²) in [5.74, 6) is 0.168. The molecule has 20 heavy (non-hydrogen) atoms. The van der Waals surface area contributed by atoms with Crippen LogP contribution in [0, 0.1) is 5.82 Å². The van der Waals surface area contributed by atoms with E-state index in [1.807, 2.05) is 13.0 Å². The van der Waals surface area contributed by atoms with Crippen molar-refractivity contribution in [3.05, 3.63) is 58.9 Å². The summed E-state index contributed by atoms with van der Waals surface area (Å²) in [6.07, 6.45) is 0.918. The van der Waals surface area contributed by atoms with Crippen molar-refractivity contribution in [2.75, 3.05) is 5.73 Å². The molecular formula is C16H14FNO2. The number of anilines is 1. The highest BCUT2D eigenvalue weighted by atomic mass is 19.1. The van der Waals surface area contributed by atoms with Gasteiger partial charge in [-0.25, -0.2) is 4.39 Å². The highest BCUT2D eigenvalue weighted by Gasteiger charge is 2.21. The molecule has 3 nitrogen and oxygen atoms in total. The number of hydrogen-bond acceptors (Lipinski definition) is 3. The highest BCUT2D eigenvalue weighted by molar-refractivity contribution is 6.12. The van der Waals surface area contributed by atoms with Crippen molar-refractivity contribution in [2.24, 2.45) is 0 Å². The number of carbonyl (C=O) groups excluding carboxylic acids is 1. The van der Waals surface area contributed by atoms with E-state index >= 15 is 0 Å². The molecule has 0 saturated heterocycles. The fourth-order valence-corrected chi connectivity index (χ4v) is 2.46. The molecule has 2 aromatic carbocycles. The van der Waals surface area contributed by atoms with Gasteiger partial charge in [-0.05, 0) is 48.9 Å². The largest absolute Gasteiger partial charge is 0.490 e. The Hall–Kier alpha value is -2.36. The monoisotopic (exact) mass is 271 g/mol. The summed E-state index contributed by atoms with van der Waals surface area (Å²) in [5.41, 5.74) is 7.74. The van der Waals surface area contributed by atoms with Gasteiger partial charge in [-0.15, -0.1) is 0 Å². The van der Waals surface area contributed by atoms with E-state index in [4.69, 9.17) is 10.5 Å². The van der Waals surface area contributed by atoms with Gasteiger partial charge in [0.1, 0.15) is 17.7 Å². The van der Waals surface area contributed by atoms with Gasteiger partial charge in [-0.1, -0.05) is 0 Å². The smallest absolute Gasteiger partial charge is 0.195 e. The number of fused-ring (bicyclic) bond motifs is 1. The number of carbonyl (C=O) groups is 1. The summed E-state index contributed by atoms with van der Waals surface area (Å²) < 4.78 is 18.6. The van der Waals surface area contributed by atoms with Crippen LogP contribution >= 0.6 is 0 Å². The lowest BCUT2D eigenvalue weighted by Crippen LogP contribution is -2.06. The zero-order valence-corrected chi connectivity index (χ0v) is 11.0. The Morgan fingerprint density at radius 3 is 2.85 bits per heavy atom. The van der Waals surface area contributed by atoms with Crippen LogP contribution in [0.15, 0.2) is 36.4 Å². The normalized spacial score (nSPS) is 16.6. The van der Waals surface area contributed by atoms with Gasteiger partial charge in [0.15, 0.2) is 5.78 Å². The van der Waals surface area contributed by atoms with Crippen molar-refractivity contribution >= 4 is 11.5 Å². The molecule has 0 aliphatic carbocycles. The third-order valence-corrected chi connectivity index (χ3v) is 3.42. The number of hydrogen-bond donors (Lipinski definition) is 1. The van der Waals surface area contributed by atoms with Gasteiger partial charge in [0, 0.05) is 23.2 Å². The topological polar surface area (TPSA) is 52.3 Å². The number of halogens is 1. The van der Waals surface area contributed by atoms with Crippen LogP contribution in [0.3, 0.4) is 0 Å². The first-order valence-electron chi connectivity index (χ1n) is 6.44. The lowest BCUT2D eigenvalue weighted by Gasteiger charge is -2.06. The van der Waals surface area contributed by atoms with Crippen molar-refractivity contribution < 1.29 is 13.9 Å². The Labute approximate surface area is 116 Å². The minimum Gasteiger partial charge on any atom is -0.490 e. The Balaban J connectivity index is 1.97. The molecule has 0 bridgehead atoms. The van der Waals surface area contributed by atoms with E-state index in [1.165, 1.54) is 12.1 Å². The Morgan fingerprint density at radius 1 is 1.30 bits per heavy atom. The molecule has 2 N–H and O–H groups in total. The van der Waals surface area contributed by atoms with Crippen LogP contribution in [0.25, 0.3) is 0 Å². The van der Waals surface area contributed by atoms with E-state index in [0.717, 1.165) is 23.8 Å². The SMILES string of the molecule is CC1Cc2cc(C(=O)c3ccc(F)cc3N)ccc2O1. The van der Waals surface area contributed by atoms with E-state index in [9.17, 15) is 9.18 Å². The van der Waals surface area contributed by atoms with Gasteiger partial charge < -0.3 is 10.5 Å². The van der Waals surface area contributed by atoms with Crippen LogP contribution in [0.4, 0.5) is 10.1 Å². The van der Waals surface area contributed by atoms with Gasteiger partial charge in [0.25, 0.3) is 0 Å². The standard InChI is InChI=1S/C16H14FNO2/c1-9-6-11-7-10(2-5-15(11)20-9)16(19)13-4-3-12(17)8-14(13)18/h2-5,7-9H,6,18H2,1H3. The van der Waals surface area contributed by atoms with Crippen molar-refractivity contribution in [1.82, 2.24) is 0 Å². The summed E-state index contributed by atoms with van der Waals surface area (Å²) in [6.45, 7) is 1.99. The molecule has 3 rings (SSSR count). The molecule has 1 aliphatic heterocycles. The van der Waals surface area contributed by atoms with Gasteiger partial charge in [-0.3, -0.25) is 4.79 Å². The van der Waals surface area contributed by atoms with Gasteiger partial charge in [0.05, 0.1) is 0 Å². The van der Waals surface area contributed by atoms with Crippen LogP contribution < -0.4 is 10.5 Å². The average molecular weight is 271 g/mol. The lowest BCUT2D eigenvalue weighted by atomic mass is 9.99. The highest BCUT2D eigenvalue weighted by Crippen LogP contribution is 2.30. The first-order chi connectivity index (χ1) is 9.54. The Kier molecular flexibility index (Phi) is 2.93. The average Bonchev–Trinajstić information content (AvgIpc) is 2.77. The van der Waals surface area contributed by atoms with Crippen LogP contribution in [0.5, 0.6) is 5.75 Å². The quantitative estimate of drug-likeness (QED) is 0.675. The number of nitrogens with two attached hydrogens (primary N) is 1. The second-order valence-electron chi connectivity index (χ2n) is 5.02. The third kappa shape index (κ3) is 2.13. The van der Waals surface area contributed by atoms with E-state index < -0.39 is 5.82 Å². The molecule has 1 unspecified atom stereocenters. The number of nitrogen functional groups attached to an aromatic ring is 1. The third-order valence-electron chi connectivity index (χ3n) is 3.42. The molecule has 102 valence electrons. The second kappa shape index (κ2) is 4.63. The molecule has 0 aromatic heterocycles. The zero-order valence-electron chi connectivity index (χ0n) is 11.0. The molecule has 1 aliphatic rings. The molecule has 0 fully saturated rings. The van der Waals surface area contributed by atoms with Gasteiger partial charge >= 0.3 is 0 Å². The zero-order chi connectivity index (χ0) is 14.3. The molecule has 4 heteroatoms. The summed E-state index contributed by atoms with van der Waals surface area (Å²) in [6, 6.07) is 9.14. The molecule has 2 aromatic rings. The van der Waals surface area contributed by atoms with E-state index in [1.54, 1.807) is 12.1 Å². The number of rotatable bonds is 2. The van der Waals surface area contributed by atoms with Crippen LogP contribution in [-0.4, -0.2) is 11.9 Å². The maximum atomic E-state index is 13.0. The first-order valence-corrected chi connectivity index (χ1v) is 6.44. The molecule has 0 saturated carbocycles. The molecular weight excluding hydrogens is 257 g/mol. The van der Waals surface area contributed by atoms with Crippen LogP contribution in [-0.2, 0) is 6.42 Å². The summed E-state index contributed by atoms with van der Waals surface area (Å²) in [4.78, 5) is 12.4. The Bertz CT molecular complexity index is 697. The summed E-state index contributed by atoms with van der Waals surface area (Å²) in [5, 5.41) is 0. The van der Waals surface area contributed by atoms with E-state index in [-0.39, 0.29) is 17.6 Å². The minimum absolute atomic E-state index is 0.131. The van der Waals surface area contributed by atoms with Crippen LogP contribution in [0.1, 0.15) is 28.4 Å². The first kappa shape index (κ1) is 12.7. The van der Waals surface area contributed by atoms with Crippen LogP contribution in [0.2, 0.25) is 0 Å². The molecule has 1 atom stereocenters. The number of benzene rings is 2. The van der Waals surface area contributed by atoms with Gasteiger partial charge in [-0.2, -0.15) is 0 Å². The molecule has 0 radical (unpaired) electrons. The molecule has 0 amide bonds. The Morgan fingerprint density at radius 2 is 2.10 bits per heavy atom. The minimum atomic E-state index is -0.449. The second-order valence-corrected chi connectivity index (χ2v) is 5.02. The summed E-state index contributed by atoms with van der Waals surface area (Å²) in [7, 11) is 0. The maximum Gasteiger partial charge on any atom is 0.195 e.